The maximum absolute atomic E-state index is 6.20. The van der Waals surface area contributed by atoms with E-state index in [1.54, 1.807) is 11.3 Å². The van der Waals surface area contributed by atoms with E-state index in [9.17, 15) is 0 Å². The van der Waals surface area contributed by atoms with Crippen LogP contribution in [0, 0.1) is 13.8 Å². The lowest BCUT2D eigenvalue weighted by Gasteiger charge is -2.13. The predicted molar refractivity (Wildman–Crippen MR) is 69.1 cm³/mol. The molecule has 0 saturated carbocycles. The van der Waals surface area contributed by atoms with Crippen molar-refractivity contribution in [2.45, 2.75) is 19.9 Å². The standard InChI is InChI=1S/C12H13ClN2S/c1-7-3-4-9(8(2)15-7)11(14)12-10(13)5-6-16-12/h3-6,11H,14H2,1-2H3. The maximum Gasteiger partial charge on any atom is 0.0678 e. The molecule has 0 aromatic carbocycles. The molecule has 2 N–H and O–H groups in total. The Hall–Kier alpha value is -0.900. The first-order valence-electron chi connectivity index (χ1n) is 5.02. The number of thiophene rings is 1. The van der Waals surface area contributed by atoms with Crippen LogP contribution in [0.25, 0.3) is 0 Å². The molecule has 2 aromatic heterocycles. The number of rotatable bonds is 2. The van der Waals surface area contributed by atoms with E-state index in [0.29, 0.717) is 0 Å². The van der Waals surface area contributed by atoms with Gasteiger partial charge in [0.2, 0.25) is 0 Å². The van der Waals surface area contributed by atoms with Gasteiger partial charge in [-0.2, -0.15) is 0 Å². The summed E-state index contributed by atoms with van der Waals surface area (Å²) in [7, 11) is 0. The molecule has 0 radical (unpaired) electrons. The first kappa shape index (κ1) is 11.6. The van der Waals surface area contributed by atoms with Crippen LogP contribution >= 0.6 is 22.9 Å². The first-order chi connectivity index (χ1) is 7.59. The summed E-state index contributed by atoms with van der Waals surface area (Å²) < 4.78 is 0. The highest BCUT2D eigenvalue weighted by molar-refractivity contribution is 7.10. The number of aryl methyl sites for hydroxylation is 2. The van der Waals surface area contributed by atoms with Gasteiger partial charge in [-0.25, -0.2) is 0 Å². The summed E-state index contributed by atoms with van der Waals surface area (Å²) in [5, 5.41) is 2.69. The second-order valence-electron chi connectivity index (χ2n) is 3.74. The van der Waals surface area contributed by atoms with E-state index in [-0.39, 0.29) is 6.04 Å². The lowest BCUT2D eigenvalue weighted by atomic mass is 10.0. The van der Waals surface area contributed by atoms with Crippen molar-refractivity contribution in [2.24, 2.45) is 5.73 Å². The van der Waals surface area contributed by atoms with Crippen molar-refractivity contribution < 1.29 is 0 Å². The molecule has 2 rings (SSSR count). The molecule has 0 aliphatic rings. The van der Waals surface area contributed by atoms with Gasteiger partial charge in [0.25, 0.3) is 0 Å². The molecule has 0 bridgehead atoms. The van der Waals surface area contributed by atoms with Gasteiger partial charge in [-0.05, 0) is 36.9 Å². The highest BCUT2D eigenvalue weighted by atomic mass is 35.5. The largest absolute Gasteiger partial charge is 0.320 e. The summed E-state index contributed by atoms with van der Waals surface area (Å²) in [6.07, 6.45) is 0. The summed E-state index contributed by atoms with van der Waals surface area (Å²) in [6, 6.07) is 5.70. The van der Waals surface area contributed by atoms with E-state index in [1.165, 1.54) is 0 Å². The monoisotopic (exact) mass is 252 g/mol. The molecule has 0 fully saturated rings. The van der Waals surface area contributed by atoms with Crippen molar-refractivity contribution in [3.05, 3.63) is 50.4 Å². The highest BCUT2D eigenvalue weighted by Gasteiger charge is 2.16. The van der Waals surface area contributed by atoms with Gasteiger partial charge in [-0.15, -0.1) is 11.3 Å². The van der Waals surface area contributed by atoms with E-state index >= 15 is 0 Å². The fraction of sp³-hybridized carbons (Fsp3) is 0.250. The Balaban J connectivity index is 2.41. The van der Waals surface area contributed by atoms with Crippen LogP contribution in [-0.4, -0.2) is 4.98 Å². The number of hydrogen-bond donors (Lipinski definition) is 1. The number of nitrogens with zero attached hydrogens (tertiary/aromatic N) is 1. The molecule has 0 aliphatic carbocycles. The summed E-state index contributed by atoms with van der Waals surface area (Å²) >= 11 is 7.66. The average molecular weight is 253 g/mol. The Labute approximate surface area is 104 Å². The zero-order valence-corrected chi connectivity index (χ0v) is 10.8. The Morgan fingerprint density at radius 3 is 2.62 bits per heavy atom. The molecule has 4 heteroatoms. The molecule has 2 heterocycles. The van der Waals surface area contributed by atoms with Crippen molar-refractivity contribution in [3.8, 4) is 0 Å². The number of halogens is 1. The van der Waals surface area contributed by atoms with Gasteiger partial charge >= 0.3 is 0 Å². The molecule has 0 amide bonds. The zero-order valence-electron chi connectivity index (χ0n) is 9.20. The molecule has 0 saturated heterocycles. The lowest BCUT2D eigenvalue weighted by molar-refractivity contribution is 0.862. The molecule has 0 spiro atoms. The fourth-order valence-corrected chi connectivity index (χ4v) is 2.89. The molecule has 0 aliphatic heterocycles. The van der Waals surface area contributed by atoms with E-state index < -0.39 is 0 Å². The van der Waals surface area contributed by atoms with Crippen LogP contribution < -0.4 is 5.73 Å². The van der Waals surface area contributed by atoms with Crippen LogP contribution in [0.3, 0.4) is 0 Å². The third kappa shape index (κ3) is 2.12. The van der Waals surface area contributed by atoms with E-state index in [2.05, 4.69) is 4.98 Å². The van der Waals surface area contributed by atoms with Crippen molar-refractivity contribution in [2.75, 3.05) is 0 Å². The van der Waals surface area contributed by atoms with Crippen LogP contribution in [0.5, 0.6) is 0 Å². The van der Waals surface area contributed by atoms with Crippen LogP contribution in [0.4, 0.5) is 0 Å². The minimum Gasteiger partial charge on any atom is -0.320 e. The van der Waals surface area contributed by atoms with Crippen LogP contribution in [0.2, 0.25) is 5.02 Å². The van der Waals surface area contributed by atoms with Crippen molar-refractivity contribution in [1.82, 2.24) is 4.98 Å². The van der Waals surface area contributed by atoms with Crippen molar-refractivity contribution >= 4 is 22.9 Å². The molecule has 1 atom stereocenters. The van der Waals surface area contributed by atoms with E-state index in [1.807, 2.05) is 37.4 Å². The Morgan fingerprint density at radius 1 is 1.31 bits per heavy atom. The van der Waals surface area contributed by atoms with Gasteiger partial charge in [0.1, 0.15) is 0 Å². The van der Waals surface area contributed by atoms with Crippen LogP contribution in [0.15, 0.2) is 23.6 Å². The SMILES string of the molecule is Cc1ccc(C(N)c2sccc2Cl)c(C)n1. The summed E-state index contributed by atoms with van der Waals surface area (Å²) in [5.74, 6) is 0. The summed E-state index contributed by atoms with van der Waals surface area (Å²) in [4.78, 5) is 5.41. The normalized spacial score (nSPS) is 12.8. The quantitative estimate of drug-likeness (QED) is 0.889. The number of aromatic nitrogens is 1. The Kier molecular flexibility index (Phi) is 3.28. The third-order valence-electron chi connectivity index (χ3n) is 2.53. The average Bonchev–Trinajstić information content (AvgIpc) is 2.63. The van der Waals surface area contributed by atoms with E-state index in [4.69, 9.17) is 17.3 Å². The Bertz CT molecular complexity index is 507. The molecule has 2 aromatic rings. The highest BCUT2D eigenvalue weighted by Crippen LogP contribution is 2.32. The second kappa shape index (κ2) is 4.53. The summed E-state index contributed by atoms with van der Waals surface area (Å²) in [6.45, 7) is 3.95. The molecule has 16 heavy (non-hydrogen) atoms. The van der Waals surface area contributed by atoms with Gasteiger partial charge < -0.3 is 5.73 Å². The second-order valence-corrected chi connectivity index (χ2v) is 5.09. The molecule has 84 valence electrons. The van der Waals surface area contributed by atoms with Gasteiger partial charge in [0.05, 0.1) is 11.1 Å². The van der Waals surface area contributed by atoms with Gasteiger partial charge in [-0.1, -0.05) is 17.7 Å². The first-order valence-corrected chi connectivity index (χ1v) is 6.28. The minimum absolute atomic E-state index is 0.180. The summed E-state index contributed by atoms with van der Waals surface area (Å²) in [5.41, 5.74) is 9.21. The smallest absolute Gasteiger partial charge is 0.0678 e. The van der Waals surface area contributed by atoms with Crippen LogP contribution in [0.1, 0.15) is 27.9 Å². The number of nitrogens with two attached hydrogens (primary N) is 1. The molecular formula is C12H13ClN2S. The topological polar surface area (TPSA) is 38.9 Å². The van der Waals surface area contributed by atoms with Crippen molar-refractivity contribution in [3.63, 3.8) is 0 Å². The maximum atomic E-state index is 6.20. The van der Waals surface area contributed by atoms with Gasteiger partial charge in [0.15, 0.2) is 0 Å². The van der Waals surface area contributed by atoms with E-state index in [0.717, 1.165) is 26.9 Å². The Morgan fingerprint density at radius 2 is 2.06 bits per heavy atom. The fourth-order valence-electron chi connectivity index (χ4n) is 1.69. The molecule has 2 nitrogen and oxygen atoms in total. The van der Waals surface area contributed by atoms with Crippen molar-refractivity contribution in [1.29, 1.82) is 0 Å². The number of hydrogen-bond acceptors (Lipinski definition) is 3. The molecule has 1 unspecified atom stereocenters. The van der Waals surface area contributed by atoms with Gasteiger partial charge in [-0.3, -0.25) is 4.98 Å². The molecular weight excluding hydrogens is 240 g/mol. The number of pyridine rings is 1. The lowest BCUT2D eigenvalue weighted by Crippen LogP contribution is -2.13. The third-order valence-corrected chi connectivity index (χ3v) is 3.97. The zero-order chi connectivity index (χ0) is 11.7. The van der Waals surface area contributed by atoms with Crippen LogP contribution in [-0.2, 0) is 0 Å². The van der Waals surface area contributed by atoms with Gasteiger partial charge in [0, 0.05) is 16.3 Å². The predicted octanol–water partition coefficient (Wildman–Crippen LogP) is 3.46. The minimum atomic E-state index is -0.180.